The molecule has 3 aliphatic rings. The standard InChI is InChI=1S/C27H38N4/c1-20(2)22-8-7-21(3)24(19-22)25-9-10-26(29-28-25)31-17-13-27(14-18-31)11-15-30(16-12-27)23-5-4-6-23/h7-10,19-20,23H,4-6,11-18H2,1-3H3. The summed E-state index contributed by atoms with van der Waals surface area (Å²) in [5.74, 6) is 1.57. The zero-order chi connectivity index (χ0) is 21.4. The highest BCUT2D eigenvalue weighted by molar-refractivity contribution is 5.65. The van der Waals surface area contributed by atoms with Crippen molar-refractivity contribution in [1.29, 1.82) is 0 Å². The summed E-state index contributed by atoms with van der Waals surface area (Å²) < 4.78 is 0. The predicted molar refractivity (Wildman–Crippen MR) is 129 cm³/mol. The largest absolute Gasteiger partial charge is 0.355 e. The summed E-state index contributed by atoms with van der Waals surface area (Å²) in [5, 5.41) is 9.29. The van der Waals surface area contributed by atoms with E-state index in [0.717, 1.165) is 30.6 Å². The topological polar surface area (TPSA) is 32.3 Å². The van der Waals surface area contributed by atoms with Crippen LogP contribution in [0.25, 0.3) is 11.3 Å². The molecular weight excluding hydrogens is 380 g/mol. The van der Waals surface area contributed by atoms with Crippen molar-refractivity contribution >= 4 is 5.82 Å². The number of hydrogen-bond donors (Lipinski definition) is 0. The van der Waals surface area contributed by atoms with Crippen molar-refractivity contribution in [2.75, 3.05) is 31.1 Å². The van der Waals surface area contributed by atoms with Crippen molar-refractivity contribution < 1.29 is 0 Å². The lowest BCUT2D eigenvalue weighted by Crippen LogP contribution is -2.51. The van der Waals surface area contributed by atoms with E-state index in [0.29, 0.717) is 11.3 Å². The Bertz CT molecular complexity index is 882. The second-order valence-electron chi connectivity index (χ2n) is 10.6. The minimum Gasteiger partial charge on any atom is -0.355 e. The molecule has 3 heterocycles. The van der Waals surface area contributed by atoms with Gasteiger partial charge in [-0.2, -0.15) is 0 Å². The van der Waals surface area contributed by atoms with E-state index in [4.69, 9.17) is 0 Å². The van der Waals surface area contributed by atoms with Crippen LogP contribution >= 0.6 is 0 Å². The van der Waals surface area contributed by atoms with Gasteiger partial charge in [0.15, 0.2) is 5.82 Å². The second-order valence-corrected chi connectivity index (χ2v) is 10.6. The Labute approximate surface area is 188 Å². The van der Waals surface area contributed by atoms with Gasteiger partial charge in [0.2, 0.25) is 0 Å². The zero-order valence-electron chi connectivity index (χ0n) is 19.6. The van der Waals surface area contributed by atoms with Gasteiger partial charge in [0.1, 0.15) is 0 Å². The van der Waals surface area contributed by atoms with Gasteiger partial charge in [-0.3, -0.25) is 0 Å². The third-order valence-electron chi connectivity index (χ3n) is 8.45. The molecule has 1 aromatic carbocycles. The minimum atomic E-state index is 0.521. The summed E-state index contributed by atoms with van der Waals surface area (Å²) >= 11 is 0. The summed E-state index contributed by atoms with van der Waals surface area (Å²) in [6.07, 6.45) is 9.74. The first-order valence-corrected chi connectivity index (χ1v) is 12.5. The maximum Gasteiger partial charge on any atom is 0.151 e. The van der Waals surface area contributed by atoms with E-state index in [-0.39, 0.29) is 0 Å². The lowest BCUT2D eigenvalue weighted by Gasteiger charge is -2.50. The smallest absolute Gasteiger partial charge is 0.151 e. The number of likely N-dealkylation sites (tertiary alicyclic amines) is 1. The molecule has 0 atom stereocenters. The summed E-state index contributed by atoms with van der Waals surface area (Å²) in [5.41, 5.74) is 5.40. The van der Waals surface area contributed by atoms with E-state index in [1.165, 1.54) is 74.7 Å². The quantitative estimate of drug-likeness (QED) is 0.627. The van der Waals surface area contributed by atoms with Gasteiger partial charge >= 0.3 is 0 Å². The van der Waals surface area contributed by atoms with Gasteiger partial charge in [-0.15, -0.1) is 10.2 Å². The van der Waals surface area contributed by atoms with Crippen molar-refractivity contribution in [2.45, 2.75) is 77.7 Å². The number of benzene rings is 1. The van der Waals surface area contributed by atoms with Gasteiger partial charge in [0.25, 0.3) is 0 Å². The average molecular weight is 419 g/mol. The van der Waals surface area contributed by atoms with Crippen LogP contribution in [-0.2, 0) is 0 Å². The van der Waals surface area contributed by atoms with Crippen LogP contribution in [0.2, 0.25) is 0 Å². The van der Waals surface area contributed by atoms with Gasteiger partial charge in [-0.05, 0) is 99.2 Å². The molecule has 5 rings (SSSR count). The van der Waals surface area contributed by atoms with Gasteiger partial charge in [-0.1, -0.05) is 32.4 Å². The number of rotatable bonds is 4. The van der Waals surface area contributed by atoms with E-state index < -0.39 is 0 Å². The number of aromatic nitrogens is 2. The Balaban J connectivity index is 1.21. The lowest BCUT2D eigenvalue weighted by molar-refractivity contribution is 0.0305. The van der Waals surface area contributed by atoms with Crippen LogP contribution in [0.15, 0.2) is 30.3 Å². The van der Waals surface area contributed by atoms with Gasteiger partial charge in [-0.25, -0.2) is 0 Å². The van der Waals surface area contributed by atoms with Crippen molar-refractivity contribution in [3.05, 3.63) is 41.5 Å². The number of piperidine rings is 2. The second kappa shape index (κ2) is 8.54. The molecule has 1 aromatic heterocycles. The molecule has 0 N–H and O–H groups in total. The Morgan fingerprint density at radius 2 is 1.61 bits per heavy atom. The molecule has 0 unspecified atom stereocenters. The van der Waals surface area contributed by atoms with Crippen molar-refractivity contribution in [3.63, 3.8) is 0 Å². The van der Waals surface area contributed by atoms with Gasteiger partial charge < -0.3 is 9.80 Å². The van der Waals surface area contributed by atoms with E-state index in [2.05, 4.69) is 71.1 Å². The van der Waals surface area contributed by atoms with Gasteiger partial charge in [0, 0.05) is 24.7 Å². The molecule has 0 radical (unpaired) electrons. The number of hydrogen-bond acceptors (Lipinski definition) is 4. The first kappa shape index (κ1) is 20.9. The first-order valence-electron chi connectivity index (χ1n) is 12.5. The SMILES string of the molecule is Cc1ccc(C(C)C)cc1-c1ccc(N2CCC3(CC2)CCN(C2CCC2)CC3)nn1. The number of aryl methyl sites for hydroxylation is 1. The number of nitrogens with zero attached hydrogens (tertiary/aromatic N) is 4. The Morgan fingerprint density at radius 1 is 0.903 bits per heavy atom. The van der Waals surface area contributed by atoms with Crippen LogP contribution in [-0.4, -0.2) is 47.3 Å². The minimum absolute atomic E-state index is 0.521. The van der Waals surface area contributed by atoms with Crippen molar-refractivity contribution in [3.8, 4) is 11.3 Å². The third kappa shape index (κ3) is 4.24. The average Bonchev–Trinajstić information content (AvgIpc) is 2.75. The molecule has 1 saturated carbocycles. The molecule has 1 spiro atoms. The van der Waals surface area contributed by atoms with Crippen molar-refractivity contribution in [1.82, 2.24) is 15.1 Å². The summed E-state index contributed by atoms with van der Waals surface area (Å²) in [4.78, 5) is 5.24. The highest BCUT2D eigenvalue weighted by Gasteiger charge is 2.39. The molecule has 31 heavy (non-hydrogen) atoms. The number of anilines is 1. The first-order chi connectivity index (χ1) is 15.0. The van der Waals surface area contributed by atoms with E-state index >= 15 is 0 Å². The monoisotopic (exact) mass is 418 g/mol. The predicted octanol–water partition coefficient (Wildman–Crippen LogP) is 5.81. The highest BCUT2D eigenvalue weighted by atomic mass is 15.3. The van der Waals surface area contributed by atoms with Crippen LogP contribution in [0.4, 0.5) is 5.82 Å². The molecule has 166 valence electrons. The molecule has 2 aromatic rings. The fraction of sp³-hybridized carbons (Fsp3) is 0.630. The van der Waals surface area contributed by atoms with Gasteiger partial charge in [0.05, 0.1) is 5.69 Å². The summed E-state index contributed by atoms with van der Waals surface area (Å²) in [6, 6.07) is 12.0. The molecule has 0 amide bonds. The normalized spacial score (nSPS) is 22.1. The van der Waals surface area contributed by atoms with Crippen LogP contribution in [0.5, 0.6) is 0 Å². The molecular formula is C27H38N4. The fourth-order valence-electron chi connectivity index (χ4n) is 5.74. The molecule has 4 nitrogen and oxygen atoms in total. The maximum absolute atomic E-state index is 4.65. The van der Waals surface area contributed by atoms with E-state index in [1.807, 2.05) is 0 Å². The van der Waals surface area contributed by atoms with Crippen molar-refractivity contribution in [2.24, 2.45) is 5.41 Å². The van der Waals surface area contributed by atoms with Crippen LogP contribution < -0.4 is 4.90 Å². The fourth-order valence-corrected chi connectivity index (χ4v) is 5.74. The maximum atomic E-state index is 4.65. The molecule has 2 aliphatic heterocycles. The van der Waals surface area contributed by atoms with Crippen LogP contribution in [0.3, 0.4) is 0 Å². The highest BCUT2D eigenvalue weighted by Crippen LogP contribution is 2.43. The molecule has 4 heteroatoms. The summed E-state index contributed by atoms with van der Waals surface area (Å²) in [7, 11) is 0. The van der Waals surface area contributed by atoms with E-state index in [1.54, 1.807) is 0 Å². The van der Waals surface area contributed by atoms with Crippen LogP contribution in [0, 0.1) is 12.3 Å². The molecule has 3 fully saturated rings. The van der Waals surface area contributed by atoms with Crippen LogP contribution in [0.1, 0.15) is 75.8 Å². The Kier molecular flexibility index (Phi) is 5.76. The Morgan fingerprint density at radius 3 is 2.19 bits per heavy atom. The zero-order valence-corrected chi connectivity index (χ0v) is 19.6. The lowest BCUT2D eigenvalue weighted by atomic mass is 9.70. The van der Waals surface area contributed by atoms with E-state index in [9.17, 15) is 0 Å². The summed E-state index contributed by atoms with van der Waals surface area (Å²) in [6.45, 7) is 11.5. The third-order valence-corrected chi connectivity index (χ3v) is 8.45. The molecule has 2 saturated heterocycles. The Hall–Kier alpha value is -1.94. The molecule has 1 aliphatic carbocycles. The molecule has 0 bridgehead atoms.